The van der Waals surface area contributed by atoms with E-state index in [0.717, 1.165) is 18.5 Å². The molecule has 6 heteroatoms. The van der Waals surface area contributed by atoms with Gasteiger partial charge in [-0.25, -0.2) is 4.21 Å². The lowest BCUT2D eigenvalue weighted by atomic mass is 10.1. The molecule has 1 N–H and O–H groups in total. The molecular formula is C14H18N2O3S. The Hall–Kier alpha value is -1.40. The Bertz CT molecular complexity index is 629. The zero-order chi connectivity index (χ0) is 14.0. The molecule has 2 heterocycles. The fraction of sp³-hybridized carbons (Fsp3) is 0.500. The Balaban J connectivity index is 1.94. The predicted octanol–water partition coefficient (Wildman–Crippen LogP) is 2.03. The summed E-state index contributed by atoms with van der Waals surface area (Å²) in [6, 6.07) is 7.35. The Morgan fingerprint density at radius 3 is 3.00 bits per heavy atom. The van der Waals surface area contributed by atoms with Gasteiger partial charge in [0.1, 0.15) is 6.10 Å². The quantitative estimate of drug-likeness (QED) is 0.860. The standard InChI is InChI=1S/C14H18N2O3S/c17-14(12-6-3-4-9-19-12)16-20(18)10-8-15-11-5-1-2-7-13(11)20/h1-2,5,7,12,15H,3-4,6,8-10H2. The molecule has 5 nitrogen and oxygen atoms in total. The highest BCUT2D eigenvalue weighted by molar-refractivity contribution is 7.94. The second kappa shape index (κ2) is 5.54. The summed E-state index contributed by atoms with van der Waals surface area (Å²) >= 11 is 0. The van der Waals surface area contributed by atoms with Crippen LogP contribution >= 0.6 is 0 Å². The lowest BCUT2D eigenvalue weighted by Crippen LogP contribution is -2.30. The van der Waals surface area contributed by atoms with Crippen LogP contribution < -0.4 is 5.32 Å². The molecule has 0 aliphatic carbocycles. The lowest BCUT2D eigenvalue weighted by Gasteiger charge is -2.23. The first kappa shape index (κ1) is 13.6. The van der Waals surface area contributed by atoms with Crippen LogP contribution in [-0.4, -0.2) is 35.1 Å². The van der Waals surface area contributed by atoms with E-state index in [1.54, 1.807) is 6.07 Å². The summed E-state index contributed by atoms with van der Waals surface area (Å²) in [4.78, 5) is 12.8. The van der Waals surface area contributed by atoms with Gasteiger partial charge in [-0.15, -0.1) is 0 Å². The molecule has 1 amide bonds. The maximum absolute atomic E-state index is 13.0. The van der Waals surface area contributed by atoms with Crippen molar-refractivity contribution in [2.75, 3.05) is 24.2 Å². The minimum Gasteiger partial charge on any atom is -0.383 e. The number of amides is 1. The second-order valence-electron chi connectivity index (χ2n) is 5.05. The average Bonchev–Trinajstić information content (AvgIpc) is 2.48. The molecule has 2 atom stereocenters. The number of anilines is 1. The number of nitrogens with one attached hydrogen (secondary N) is 1. The number of fused-ring (bicyclic) bond motifs is 1. The maximum atomic E-state index is 13.0. The molecular weight excluding hydrogens is 276 g/mol. The first-order valence-electron chi connectivity index (χ1n) is 6.92. The van der Waals surface area contributed by atoms with Crippen LogP contribution in [0.4, 0.5) is 5.69 Å². The molecule has 1 fully saturated rings. The average molecular weight is 294 g/mol. The number of hydrogen-bond acceptors (Lipinski definition) is 4. The summed E-state index contributed by atoms with van der Waals surface area (Å²) in [7, 11) is -2.67. The van der Waals surface area contributed by atoms with Crippen LogP contribution in [0.25, 0.3) is 0 Å². The minimum absolute atomic E-state index is 0.364. The number of nitrogens with zero attached hydrogens (tertiary/aromatic N) is 1. The van der Waals surface area contributed by atoms with Crippen molar-refractivity contribution in [3.63, 3.8) is 0 Å². The fourth-order valence-electron chi connectivity index (χ4n) is 2.56. The van der Waals surface area contributed by atoms with Crippen molar-refractivity contribution in [2.45, 2.75) is 30.3 Å². The third-order valence-corrected chi connectivity index (χ3v) is 5.89. The van der Waals surface area contributed by atoms with Crippen molar-refractivity contribution in [1.82, 2.24) is 0 Å². The van der Waals surface area contributed by atoms with Crippen molar-refractivity contribution >= 4 is 21.3 Å². The first-order chi connectivity index (χ1) is 9.69. The smallest absolute Gasteiger partial charge is 0.283 e. The number of para-hydroxylation sites is 1. The summed E-state index contributed by atoms with van der Waals surface area (Å²) in [5, 5.41) is 3.19. The molecule has 108 valence electrons. The van der Waals surface area contributed by atoms with Gasteiger partial charge < -0.3 is 10.1 Å². The zero-order valence-electron chi connectivity index (χ0n) is 11.2. The number of hydrogen-bond donors (Lipinski definition) is 1. The monoisotopic (exact) mass is 294 g/mol. The normalized spacial score (nSPS) is 29.1. The maximum Gasteiger partial charge on any atom is 0.283 e. The third kappa shape index (κ3) is 2.58. The predicted molar refractivity (Wildman–Crippen MR) is 77.2 cm³/mol. The van der Waals surface area contributed by atoms with Gasteiger partial charge in [0.15, 0.2) is 0 Å². The van der Waals surface area contributed by atoms with Crippen molar-refractivity contribution in [3.05, 3.63) is 24.3 Å². The van der Waals surface area contributed by atoms with E-state index in [-0.39, 0.29) is 5.91 Å². The molecule has 2 aliphatic rings. The van der Waals surface area contributed by atoms with Crippen molar-refractivity contribution in [2.24, 2.45) is 4.36 Å². The summed E-state index contributed by atoms with van der Waals surface area (Å²) in [5.41, 5.74) is 0.810. The fourth-order valence-corrected chi connectivity index (χ4v) is 4.53. The van der Waals surface area contributed by atoms with E-state index < -0.39 is 15.8 Å². The van der Waals surface area contributed by atoms with Crippen LogP contribution in [0.1, 0.15) is 19.3 Å². The molecule has 1 saturated heterocycles. The number of rotatable bonds is 1. The van der Waals surface area contributed by atoms with Crippen LogP contribution in [0, 0.1) is 0 Å². The zero-order valence-corrected chi connectivity index (χ0v) is 12.0. The molecule has 2 unspecified atom stereocenters. The van der Waals surface area contributed by atoms with E-state index in [4.69, 9.17) is 4.74 Å². The molecule has 0 radical (unpaired) electrons. The Morgan fingerprint density at radius 2 is 2.20 bits per heavy atom. The summed E-state index contributed by atoms with van der Waals surface area (Å²) in [5.74, 6) is -0.00551. The summed E-state index contributed by atoms with van der Waals surface area (Å²) in [6.45, 7) is 1.16. The van der Waals surface area contributed by atoms with Crippen molar-refractivity contribution in [3.8, 4) is 0 Å². The van der Waals surface area contributed by atoms with Gasteiger partial charge in [0.2, 0.25) is 0 Å². The number of ether oxygens (including phenoxy) is 1. The summed E-state index contributed by atoms with van der Waals surface area (Å²) in [6.07, 6.45) is 2.11. The van der Waals surface area contributed by atoms with Crippen molar-refractivity contribution < 1.29 is 13.7 Å². The Morgan fingerprint density at radius 1 is 1.35 bits per heavy atom. The molecule has 1 aromatic carbocycles. The molecule has 0 bridgehead atoms. The largest absolute Gasteiger partial charge is 0.383 e. The first-order valence-corrected chi connectivity index (χ1v) is 8.61. The van der Waals surface area contributed by atoms with Crippen LogP contribution in [0.3, 0.4) is 0 Å². The molecule has 3 rings (SSSR count). The Kier molecular flexibility index (Phi) is 3.76. The van der Waals surface area contributed by atoms with Crippen LogP contribution in [0.2, 0.25) is 0 Å². The Labute approximate surface area is 118 Å². The lowest BCUT2D eigenvalue weighted by molar-refractivity contribution is -0.131. The molecule has 1 aromatic rings. The molecule has 2 aliphatic heterocycles. The molecule has 20 heavy (non-hydrogen) atoms. The number of carbonyl (C=O) groups is 1. The van der Waals surface area contributed by atoms with E-state index in [9.17, 15) is 9.00 Å². The van der Waals surface area contributed by atoms with Gasteiger partial charge in [-0.05, 0) is 31.4 Å². The van der Waals surface area contributed by atoms with Gasteiger partial charge in [0, 0.05) is 13.2 Å². The van der Waals surface area contributed by atoms with E-state index in [1.165, 1.54) is 0 Å². The van der Waals surface area contributed by atoms with Crippen LogP contribution in [0.15, 0.2) is 33.5 Å². The van der Waals surface area contributed by atoms with Crippen LogP contribution in [0.5, 0.6) is 0 Å². The van der Waals surface area contributed by atoms with E-state index in [1.807, 2.05) is 18.2 Å². The van der Waals surface area contributed by atoms with Gasteiger partial charge in [0.25, 0.3) is 5.91 Å². The molecule has 0 saturated carbocycles. The highest BCUT2D eigenvalue weighted by Crippen LogP contribution is 2.28. The molecule has 0 spiro atoms. The van der Waals surface area contributed by atoms with Crippen LogP contribution in [-0.2, 0) is 19.3 Å². The van der Waals surface area contributed by atoms with E-state index >= 15 is 0 Å². The topological polar surface area (TPSA) is 67.8 Å². The SMILES string of the molecule is O=C(N=S1(=O)CCNc2ccccc21)C1CCCCO1. The van der Waals surface area contributed by atoms with Gasteiger partial charge in [-0.2, -0.15) is 4.36 Å². The highest BCUT2D eigenvalue weighted by atomic mass is 32.2. The van der Waals surface area contributed by atoms with Gasteiger partial charge in [0.05, 0.1) is 26.1 Å². The van der Waals surface area contributed by atoms with Crippen molar-refractivity contribution in [1.29, 1.82) is 0 Å². The number of carbonyl (C=O) groups excluding carboxylic acids is 1. The second-order valence-corrected chi connectivity index (χ2v) is 7.36. The minimum atomic E-state index is -2.67. The number of benzene rings is 1. The summed E-state index contributed by atoms with van der Waals surface area (Å²) < 4.78 is 22.5. The van der Waals surface area contributed by atoms with E-state index in [2.05, 4.69) is 9.68 Å². The third-order valence-electron chi connectivity index (χ3n) is 3.62. The van der Waals surface area contributed by atoms with Gasteiger partial charge in [-0.1, -0.05) is 12.1 Å². The van der Waals surface area contributed by atoms with Gasteiger partial charge >= 0.3 is 0 Å². The van der Waals surface area contributed by atoms with Gasteiger partial charge in [-0.3, -0.25) is 4.79 Å². The molecule has 0 aromatic heterocycles. The highest BCUT2D eigenvalue weighted by Gasteiger charge is 2.27. The van der Waals surface area contributed by atoms with E-state index in [0.29, 0.717) is 30.2 Å².